The molecular weight excluding hydrogens is 490 g/mol. The van der Waals surface area contributed by atoms with Crippen LogP contribution >= 0.6 is 23.2 Å². The number of carbonyl (C=O) groups excluding carboxylic acids is 1. The maximum absolute atomic E-state index is 12.4. The van der Waals surface area contributed by atoms with Gasteiger partial charge in [-0.1, -0.05) is 40.5 Å². The third-order valence-corrected chi connectivity index (χ3v) is 7.05. The first-order chi connectivity index (χ1) is 14.8. The van der Waals surface area contributed by atoms with Gasteiger partial charge in [0.2, 0.25) is 0 Å². The maximum Gasteiger partial charge on any atom is 0.389 e. The van der Waals surface area contributed by atoms with Crippen LogP contribution in [-0.2, 0) is 25.1 Å². The lowest BCUT2D eigenvalue weighted by atomic mass is 9.89. The van der Waals surface area contributed by atoms with Crippen molar-refractivity contribution in [3.8, 4) is 0 Å². The van der Waals surface area contributed by atoms with Crippen LogP contribution < -0.4 is 0 Å². The molecule has 5 nitrogen and oxygen atoms in total. The maximum atomic E-state index is 12.4. The van der Waals surface area contributed by atoms with Gasteiger partial charge in [-0.05, 0) is 42.8 Å². The van der Waals surface area contributed by atoms with Gasteiger partial charge in [0.25, 0.3) is 0 Å². The standard InChI is InChI=1S/C21H18Cl2F3NO4S/c1-20(14-8-15(22)10-16(23)9-14)11-19(27-31-20)13-2-4-18(5-3-13)32(29,30)12-17(28)6-7-21(24,25)26/h2-5,8-10H,6-7,11-12H2,1H3. The van der Waals surface area contributed by atoms with Crippen molar-refractivity contribution in [1.29, 1.82) is 0 Å². The van der Waals surface area contributed by atoms with Crippen LogP contribution in [0.15, 0.2) is 52.5 Å². The Kier molecular flexibility index (Phi) is 6.93. The lowest BCUT2D eigenvalue weighted by molar-refractivity contribution is -0.142. The van der Waals surface area contributed by atoms with Gasteiger partial charge in [0.1, 0.15) is 11.5 Å². The molecule has 1 atom stereocenters. The Bertz CT molecular complexity index is 1140. The van der Waals surface area contributed by atoms with Crippen molar-refractivity contribution in [3.05, 3.63) is 63.6 Å². The Morgan fingerprint density at radius 2 is 1.72 bits per heavy atom. The summed E-state index contributed by atoms with van der Waals surface area (Å²) in [5, 5.41) is 5.00. The highest BCUT2D eigenvalue weighted by atomic mass is 35.5. The normalized spacial score (nSPS) is 18.9. The summed E-state index contributed by atoms with van der Waals surface area (Å²) in [6.07, 6.45) is -6.38. The molecule has 1 aliphatic rings. The van der Waals surface area contributed by atoms with Crippen LogP contribution in [0, 0.1) is 0 Å². The Labute approximate surface area is 193 Å². The van der Waals surface area contributed by atoms with Gasteiger partial charge in [-0.2, -0.15) is 13.2 Å². The van der Waals surface area contributed by atoms with Crippen LogP contribution in [0.5, 0.6) is 0 Å². The van der Waals surface area contributed by atoms with Crippen molar-refractivity contribution >= 4 is 44.5 Å². The molecule has 0 aliphatic carbocycles. The van der Waals surface area contributed by atoms with Gasteiger partial charge >= 0.3 is 6.18 Å². The number of ketones is 1. The van der Waals surface area contributed by atoms with Gasteiger partial charge < -0.3 is 4.84 Å². The predicted octanol–water partition coefficient (Wildman–Crippen LogP) is 5.72. The van der Waals surface area contributed by atoms with E-state index < -0.39 is 46.0 Å². The average Bonchev–Trinajstić information content (AvgIpc) is 3.09. The van der Waals surface area contributed by atoms with E-state index in [1.807, 2.05) is 6.92 Å². The summed E-state index contributed by atoms with van der Waals surface area (Å²) >= 11 is 12.1. The monoisotopic (exact) mass is 507 g/mol. The fourth-order valence-electron chi connectivity index (χ4n) is 3.21. The Morgan fingerprint density at radius 3 is 2.28 bits per heavy atom. The number of Topliss-reactive ketones (excluding diaryl/α,β-unsaturated/α-hetero) is 1. The third kappa shape index (κ3) is 6.02. The Balaban J connectivity index is 1.70. The summed E-state index contributed by atoms with van der Waals surface area (Å²) in [5.74, 6) is -1.98. The van der Waals surface area contributed by atoms with Crippen LogP contribution in [0.3, 0.4) is 0 Å². The van der Waals surface area contributed by atoms with Gasteiger partial charge in [-0.25, -0.2) is 8.42 Å². The second-order valence-corrected chi connectivity index (χ2v) is 10.5. The summed E-state index contributed by atoms with van der Waals surface area (Å²) < 4.78 is 61.4. The van der Waals surface area contributed by atoms with Gasteiger partial charge in [-0.15, -0.1) is 0 Å². The molecule has 11 heteroatoms. The SMILES string of the molecule is CC1(c2cc(Cl)cc(Cl)c2)CC(c2ccc(S(=O)(=O)CC(=O)CCC(F)(F)F)cc2)=NO1. The smallest absolute Gasteiger partial charge is 0.384 e. The zero-order valence-electron chi connectivity index (χ0n) is 16.7. The number of benzene rings is 2. The molecule has 172 valence electrons. The van der Waals surface area contributed by atoms with Crippen molar-refractivity contribution in [2.45, 2.75) is 42.9 Å². The first-order valence-corrected chi connectivity index (χ1v) is 11.8. The first-order valence-electron chi connectivity index (χ1n) is 9.41. The number of halogens is 5. The van der Waals surface area contributed by atoms with Crippen molar-refractivity contribution in [1.82, 2.24) is 0 Å². The van der Waals surface area contributed by atoms with Crippen LogP contribution in [-0.4, -0.2) is 31.8 Å². The molecule has 2 aromatic rings. The number of nitrogens with zero attached hydrogens (tertiary/aromatic N) is 1. The van der Waals surface area contributed by atoms with E-state index in [4.69, 9.17) is 28.0 Å². The summed E-state index contributed by atoms with van der Waals surface area (Å²) in [7, 11) is -4.06. The quantitative estimate of drug-likeness (QED) is 0.480. The molecule has 1 unspecified atom stereocenters. The number of carbonyl (C=O) groups is 1. The van der Waals surface area contributed by atoms with E-state index in [1.165, 1.54) is 24.3 Å². The highest BCUT2D eigenvalue weighted by molar-refractivity contribution is 7.92. The Morgan fingerprint density at radius 1 is 1.12 bits per heavy atom. The molecule has 2 aromatic carbocycles. The van der Waals surface area contributed by atoms with E-state index in [0.717, 1.165) is 5.56 Å². The fourth-order valence-corrected chi connectivity index (χ4v) is 5.02. The molecule has 0 radical (unpaired) electrons. The fraction of sp³-hybridized carbons (Fsp3) is 0.333. The molecule has 0 saturated carbocycles. The van der Waals surface area contributed by atoms with Crippen molar-refractivity contribution in [2.75, 3.05) is 5.75 Å². The zero-order chi connectivity index (χ0) is 23.7. The number of alkyl halides is 3. The minimum Gasteiger partial charge on any atom is -0.384 e. The molecule has 0 aromatic heterocycles. The molecule has 1 aliphatic heterocycles. The van der Waals surface area contributed by atoms with E-state index in [2.05, 4.69) is 5.16 Å². The van der Waals surface area contributed by atoms with E-state index in [0.29, 0.717) is 27.7 Å². The largest absolute Gasteiger partial charge is 0.389 e. The molecule has 1 heterocycles. The molecule has 0 amide bonds. The van der Waals surface area contributed by atoms with E-state index in [9.17, 15) is 26.4 Å². The van der Waals surface area contributed by atoms with Crippen molar-refractivity contribution in [3.63, 3.8) is 0 Å². The molecule has 0 saturated heterocycles. The number of sulfone groups is 1. The molecule has 0 bridgehead atoms. The lowest BCUT2D eigenvalue weighted by Gasteiger charge is -2.22. The summed E-state index contributed by atoms with van der Waals surface area (Å²) in [6, 6.07) is 10.6. The highest BCUT2D eigenvalue weighted by Gasteiger charge is 2.37. The second-order valence-electron chi connectivity index (χ2n) is 7.63. The average molecular weight is 508 g/mol. The van der Waals surface area contributed by atoms with Gasteiger partial charge in [0.15, 0.2) is 15.4 Å². The highest BCUT2D eigenvalue weighted by Crippen LogP contribution is 2.38. The number of hydrogen-bond acceptors (Lipinski definition) is 5. The van der Waals surface area contributed by atoms with Crippen molar-refractivity contribution in [2.24, 2.45) is 5.16 Å². The van der Waals surface area contributed by atoms with Gasteiger partial charge in [0, 0.05) is 28.5 Å². The summed E-state index contributed by atoms with van der Waals surface area (Å²) in [6.45, 7) is 1.82. The topological polar surface area (TPSA) is 72.8 Å². The van der Waals surface area contributed by atoms with Crippen LogP contribution in [0.2, 0.25) is 10.0 Å². The number of oxime groups is 1. The van der Waals surface area contributed by atoms with Gasteiger partial charge in [0.05, 0.1) is 17.0 Å². The summed E-state index contributed by atoms with van der Waals surface area (Å²) in [5.41, 5.74) is 1.07. The van der Waals surface area contributed by atoms with Crippen LogP contribution in [0.1, 0.15) is 37.3 Å². The summed E-state index contributed by atoms with van der Waals surface area (Å²) in [4.78, 5) is 17.1. The molecule has 0 N–H and O–H groups in total. The molecule has 0 spiro atoms. The lowest BCUT2D eigenvalue weighted by Crippen LogP contribution is -2.22. The number of hydrogen-bond donors (Lipinski definition) is 0. The minimum absolute atomic E-state index is 0.162. The van der Waals surface area contributed by atoms with Gasteiger partial charge in [-0.3, -0.25) is 4.79 Å². The molecular formula is C21H18Cl2F3NO4S. The Hall–Kier alpha value is -2.10. The van der Waals surface area contributed by atoms with E-state index >= 15 is 0 Å². The third-order valence-electron chi connectivity index (χ3n) is 4.92. The molecule has 3 rings (SSSR count). The molecule has 32 heavy (non-hydrogen) atoms. The minimum atomic E-state index is -4.52. The second kappa shape index (κ2) is 9.03. The number of rotatable bonds is 7. The zero-order valence-corrected chi connectivity index (χ0v) is 19.1. The predicted molar refractivity (Wildman–Crippen MR) is 115 cm³/mol. The van der Waals surface area contributed by atoms with Crippen molar-refractivity contribution < 1.29 is 31.2 Å². The van der Waals surface area contributed by atoms with Crippen LogP contribution in [0.25, 0.3) is 0 Å². The molecule has 0 fully saturated rings. The van der Waals surface area contributed by atoms with E-state index in [-0.39, 0.29) is 4.90 Å². The first kappa shape index (κ1) is 24.5. The van der Waals surface area contributed by atoms with E-state index in [1.54, 1.807) is 18.2 Å². The van der Waals surface area contributed by atoms with Crippen LogP contribution in [0.4, 0.5) is 13.2 Å².